The molecule has 3 heteroatoms. The van der Waals surface area contributed by atoms with Gasteiger partial charge in [-0.3, -0.25) is 0 Å². The van der Waals surface area contributed by atoms with Crippen LogP contribution >= 0.6 is 0 Å². The number of aryl methyl sites for hydroxylation is 1. The molecule has 3 aromatic carbocycles. The molecule has 0 aliphatic heterocycles. The van der Waals surface area contributed by atoms with Gasteiger partial charge in [-0.2, -0.15) is 11.6 Å². The molecule has 0 nitrogen and oxygen atoms in total. The Bertz CT molecular complexity index is 630. The van der Waals surface area contributed by atoms with Crippen LogP contribution in [0, 0.1) is 6.92 Å². The molecule has 0 spiro atoms. The maximum absolute atomic E-state index is 2.28. The third-order valence-electron chi connectivity index (χ3n) is 3.10. The zero-order valence-electron chi connectivity index (χ0n) is 10.5. The van der Waals surface area contributed by atoms with E-state index in [1.165, 1.54) is 27.5 Å². The first kappa shape index (κ1) is 18.3. The maximum atomic E-state index is 2.28. The molecule has 3 aromatic rings. The number of hydrogen-bond acceptors (Lipinski definition) is 0. The van der Waals surface area contributed by atoms with Crippen molar-refractivity contribution in [3.63, 3.8) is 0 Å². The molecule has 0 amide bonds. The van der Waals surface area contributed by atoms with E-state index in [4.69, 9.17) is 0 Å². The Morgan fingerprint density at radius 3 is 2.21 bits per heavy atom. The number of halogens is 2. The normalized spacial score (nSPS) is 9.11. The molecule has 0 aliphatic carbocycles. The van der Waals surface area contributed by atoms with E-state index < -0.39 is 0 Å². The summed E-state index contributed by atoms with van der Waals surface area (Å²) in [4.78, 5) is 0. The van der Waals surface area contributed by atoms with E-state index in [1.807, 2.05) is 0 Å². The van der Waals surface area contributed by atoms with E-state index >= 15 is 0 Å². The molecule has 0 N–H and O–H groups in total. The van der Waals surface area contributed by atoms with Crippen molar-refractivity contribution in [2.75, 3.05) is 0 Å². The Morgan fingerprint density at radius 2 is 1.53 bits per heavy atom. The summed E-state index contributed by atoms with van der Waals surface area (Å²) in [5, 5.41) is 2.69. The van der Waals surface area contributed by atoms with Crippen LogP contribution in [0.5, 0.6) is 0 Å². The van der Waals surface area contributed by atoms with Crippen LogP contribution < -0.4 is 24.8 Å². The molecular formula is C16H13Cl2Ti. The van der Waals surface area contributed by atoms with Crippen molar-refractivity contribution in [3.8, 4) is 11.1 Å². The zero-order valence-corrected chi connectivity index (χ0v) is 13.6. The fourth-order valence-electron chi connectivity index (χ4n) is 2.16. The van der Waals surface area contributed by atoms with Crippen LogP contribution in [0.3, 0.4) is 0 Å². The SMILES string of the molecule is Cc1c[cH-]c2ccc(-c3ccccc3)cc12.[Cl-].[Cl-].[Ti+3]. The van der Waals surface area contributed by atoms with Crippen LogP contribution in [0.25, 0.3) is 21.9 Å². The molecule has 0 saturated heterocycles. The van der Waals surface area contributed by atoms with Gasteiger partial charge >= 0.3 is 21.7 Å². The second-order valence-corrected chi connectivity index (χ2v) is 4.18. The molecular weight excluding hydrogens is 311 g/mol. The Hall–Kier alpha value is -0.656. The molecule has 0 atom stereocenters. The monoisotopic (exact) mass is 323 g/mol. The molecule has 1 radical (unpaired) electrons. The van der Waals surface area contributed by atoms with Crippen molar-refractivity contribution < 1.29 is 46.5 Å². The summed E-state index contributed by atoms with van der Waals surface area (Å²) in [5.74, 6) is 0. The van der Waals surface area contributed by atoms with Crippen molar-refractivity contribution >= 4 is 10.8 Å². The van der Waals surface area contributed by atoms with Gasteiger partial charge in [0.2, 0.25) is 0 Å². The number of benzene rings is 2. The molecule has 3 rings (SSSR count). The van der Waals surface area contributed by atoms with E-state index in [1.54, 1.807) is 0 Å². The smallest absolute Gasteiger partial charge is 1.00 e. The first-order valence-electron chi connectivity index (χ1n) is 5.56. The summed E-state index contributed by atoms with van der Waals surface area (Å²) in [7, 11) is 0. The van der Waals surface area contributed by atoms with Crippen LogP contribution in [0.2, 0.25) is 0 Å². The van der Waals surface area contributed by atoms with Crippen LogP contribution in [0.1, 0.15) is 5.56 Å². The van der Waals surface area contributed by atoms with Crippen molar-refractivity contribution in [3.05, 3.63) is 66.2 Å². The topological polar surface area (TPSA) is 0 Å². The van der Waals surface area contributed by atoms with Crippen LogP contribution in [-0.4, -0.2) is 0 Å². The van der Waals surface area contributed by atoms with Gasteiger partial charge in [-0.1, -0.05) is 49.4 Å². The predicted octanol–water partition coefficient (Wildman–Crippen LogP) is -1.46. The molecule has 95 valence electrons. The van der Waals surface area contributed by atoms with Crippen LogP contribution in [0.15, 0.2) is 60.7 Å². The van der Waals surface area contributed by atoms with Gasteiger partial charge in [0.1, 0.15) is 0 Å². The van der Waals surface area contributed by atoms with E-state index in [9.17, 15) is 0 Å². The maximum Gasteiger partial charge on any atom is 3.00 e. The number of hydrogen-bond donors (Lipinski definition) is 0. The molecule has 0 aliphatic rings. The largest absolute Gasteiger partial charge is 3.00 e. The average Bonchev–Trinajstić information content (AvgIpc) is 2.72. The van der Waals surface area contributed by atoms with E-state index in [-0.39, 0.29) is 46.5 Å². The summed E-state index contributed by atoms with van der Waals surface area (Å²) in [6.45, 7) is 2.16. The fraction of sp³-hybridized carbons (Fsp3) is 0.0625. The van der Waals surface area contributed by atoms with Crippen LogP contribution in [0.4, 0.5) is 0 Å². The third kappa shape index (κ3) is 3.67. The molecule has 19 heavy (non-hydrogen) atoms. The van der Waals surface area contributed by atoms with Gasteiger partial charge in [-0.05, 0) is 11.1 Å². The van der Waals surface area contributed by atoms with E-state index in [0.717, 1.165) is 0 Å². The van der Waals surface area contributed by atoms with Crippen molar-refractivity contribution in [2.45, 2.75) is 6.92 Å². The molecule has 0 bridgehead atoms. The molecule has 0 heterocycles. The number of fused-ring (bicyclic) bond motifs is 1. The molecule has 0 fully saturated rings. The number of rotatable bonds is 1. The second-order valence-electron chi connectivity index (χ2n) is 4.18. The summed E-state index contributed by atoms with van der Waals surface area (Å²) in [5.41, 5.74) is 3.93. The predicted molar refractivity (Wildman–Crippen MR) is 69.7 cm³/mol. The first-order chi connectivity index (χ1) is 7.84. The van der Waals surface area contributed by atoms with Gasteiger partial charge in [0, 0.05) is 0 Å². The summed E-state index contributed by atoms with van der Waals surface area (Å²) in [6.07, 6.45) is 0. The fourth-order valence-corrected chi connectivity index (χ4v) is 2.16. The van der Waals surface area contributed by atoms with Gasteiger partial charge in [0.05, 0.1) is 0 Å². The quantitative estimate of drug-likeness (QED) is 0.379. The Balaban J connectivity index is 0.00000108. The minimum Gasteiger partial charge on any atom is -1.00 e. The molecule has 0 aromatic heterocycles. The van der Waals surface area contributed by atoms with Gasteiger partial charge in [0.25, 0.3) is 0 Å². The molecule has 0 saturated carbocycles. The van der Waals surface area contributed by atoms with Gasteiger partial charge in [-0.15, -0.1) is 22.9 Å². The summed E-state index contributed by atoms with van der Waals surface area (Å²) >= 11 is 0. The van der Waals surface area contributed by atoms with E-state index in [0.29, 0.717) is 0 Å². The van der Waals surface area contributed by atoms with Crippen LogP contribution in [-0.2, 0) is 21.7 Å². The Morgan fingerprint density at radius 1 is 0.842 bits per heavy atom. The average molecular weight is 324 g/mol. The van der Waals surface area contributed by atoms with E-state index in [2.05, 4.69) is 67.6 Å². The standard InChI is InChI=1S/C16H13.2ClH.Ti/c1-12-7-8-14-9-10-15(11-16(12)14)13-5-3-2-4-6-13;;;/h2-11H,1H3;2*1H;/q-1;;;+3/p-2. The Kier molecular flexibility index (Phi) is 7.55. The van der Waals surface area contributed by atoms with Crippen molar-refractivity contribution in [2.24, 2.45) is 0 Å². The van der Waals surface area contributed by atoms with Crippen molar-refractivity contribution in [1.82, 2.24) is 0 Å². The first-order valence-corrected chi connectivity index (χ1v) is 5.56. The van der Waals surface area contributed by atoms with Crippen molar-refractivity contribution in [1.29, 1.82) is 0 Å². The third-order valence-corrected chi connectivity index (χ3v) is 3.10. The van der Waals surface area contributed by atoms with Gasteiger partial charge in [-0.25, -0.2) is 0 Å². The minimum atomic E-state index is 0. The zero-order chi connectivity index (χ0) is 11.0. The minimum absolute atomic E-state index is 0. The summed E-state index contributed by atoms with van der Waals surface area (Å²) in [6, 6.07) is 21.5. The van der Waals surface area contributed by atoms with Gasteiger partial charge < -0.3 is 24.8 Å². The Labute approximate surface area is 141 Å². The molecule has 0 unspecified atom stereocenters. The second kappa shape index (κ2) is 7.82. The summed E-state index contributed by atoms with van der Waals surface area (Å²) < 4.78 is 0. The van der Waals surface area contributed by atoms with Gasteiger partial charge in [0.15, 0.2) is 0 Å².